The van der Waals surface area contributed by atoms with Crippen molar-refractivity contribution >= 4 is 11.3 Å². The molecule has 0 unspecified atom stereocenters. The molecule has 1 N–H and O–H groups in total. The molecule has 15 heavy (non-hydrogen) atoms. The Morgan fingerprint density at radius 3 is 2.93 bits per heavy atom. The van der Waals surface area contributed by atoms with E-state index < -0.39 is 0 Å². The first-order valence-electron chi connectivity index (χ1n) is 4.86. The van der Waals surface area contributed by atoms with E-state index in [4.69, 9.17) is 0 Å². The lowest BCUT2D eigenvalue weighted by atomic mass is 10.3. The second kappa shape index (κ2) is 5.00. The highest BCUT2D eigenvalue weighted by Crippen LogP contribution is 2.14. The van der Waals surface area contributed by atoms with Gasteiger partial charge < -0.3 is 5.32 Å². The zero-order valence-electron chi connectivity index (χ0n) is 8.60. The van der Waals surface area contributed by atoms with Crippen molar-refractivity contribution in [3.8, 4) is 0 Å². The van der Waals surface area contributed by atoms with Crippen LogP contribution in [-0.4, -0.2) is 10.2 Å². The van der Waals surface area contributed by atoms with Crippen LogP contribution in [0.3, 0.4) is 0 Å². The van der Waals surface area contributed by atoms with Crippen molar-refractivity contribution in [1.29, 1.82) is 0 Å². The molecule has 2 aromatic heterocycles. The molecule has 0 aliphatic carbocycles. The summed E-state index contributed by atoms with van der Waals surface area (Å²) < 4.78 is 0. The molecule has 0 amide bonds. The van der Waals surface area contributed by atoms with E-state index in [1.54, 1.807) is 17.5 Å². The van der Waals surface area contributed by atoms with Crippen LogP contribution in [0.5, 0.6) is 0 Å². The number of aryl methyl sites for hydroxylation is 1. The van der Waals surface area contributed by atoms with Gasteiger partial charge in [0.15, 0.2) is 0 Å². The molecule has 2 heterocycles. The van der Waals surface area contributed by atoms with Crippen LogP contribution in [0.2, 0.25) is 0 Å². The van der Waals surface area contributed by atoms with E-state index in [-0.39, 0.29) is 0 Å². The summed E-state index contributed by atoms with van der Waals surface area (Å²) in [5.74, 6) is 0. The van der Waals surface area contributed by atoms with Crippen molar-refractivity contribution in [2.45, 2.75) is 20.0 Å². The van der Waals surface area contributed by atoms with E-state index in [0.29, 0.717) is 0 Å². The SMILES string of the molecule is Cc1ccsc1CNCc1cccnn1. The summed E-state index contributed by atoms with van der Waals surface area (Å²) in [7, 11) is 0. The fourth-order valence-electron chi connectivity index (χ4n) is 1.32. The molecule has 0 bridgehead atoms. The first-order valence-corrected chi connectivity index (χ1v) is 5.74. The number of hydrogen-bond donors (Lipinski definition) is 1. The van der Waals surface area contributed by atoms with E-state index in [1.165, 1.54) is 10.4 Å². The number of thiophene rings is 1. The molecule has 4 heteroatoms. The molecular formula is C11H13N3S. The van der Waals surface area contributed by atoms with E-state index in [2.05, 4.69) is 33.9 Å². The summed E-state index contributed by atoms with van der Waals surface area (Å²) >= 11 is 1.79. The fraction of sp³-hybridized carbons (Fsp3) is 0.273. The predicted molar refractivity (Wildman–Crippen MR) is 61.6 cm³/mol. The van der Waals surface area contributed by atoms with Crippen LogP contribution in [0.15, 0.2) is 29.8 Å². The van der Waals surface area contributed by atoms with Gasteiger partial charge in [-0.2, -0.15) is 10.2 Å². The zero-order valence-corrected chi connectivity index (χ0v) is 9.42. The van der Waals surface area contributed by atoms with Crippen LogP contribution in [0, 0.1) is 6.92 Å². The molecule has 2 rings (SSSR count). The van der Waals surface area contributed by atoms with Crippen molar-refractivity contribution in [2.75, 3.05) is 0 Å². The minimum Gasteiger partial charge on any atom is -0.306 e. The predicted octanol–water partition coefficient (Wildman–Crippen LogP) is 2.14. The molecular weight excluding hydrogens is 206 g/mol. The molecule has 0 spiro atoms. The molecule has 0 aliphatic rings. The van der Waals surface area contributed by atoms with Gasteiger partial charge in [-0.25, -0.2) is 0 Å². The number of rotatable bonds is 4. The Kier molecular flexibility index (Phi) is 3.42. The van der Waals surface area contributed by atoms with Crippen molar-refractivity contribution in [3.05, 3.63) is 45.9 Å². The molecule has 0 aromatic carbocycles. The van der Waals surface area contributed by atoms with Crippen LogP contribution < -0.4 is 5.32 Å². The largest absolute Gasteiger partial charge is 0.306 e. The Balaban J connectivity index is 1.83. The third-order valence-corrected chi connectivity index (χ3v) is 3.21. The molecule has 78 valence electrons. The van der Waals surface area contributed by atoms with Gasteiger partial charge in [0.1, 0.15) is 0 Å². The van der Waals surface area contributed by atoms with Gasteiger partial charge in [0.25, 0.3) is 0 Å². The Labute approximate surface area is 93.2 Å². The van der Waals surface area contributed by atoms with Crippen molar-refractivity contribution < 1.29 is 0 Å². The lowest BCUT2D eigenvalue weighted by molar-refractivity contribution is 0.674. The molecule has 0 radical (unpaired) electrons. The molecule has 0 saturated heterocycles. The lowest BCUT2D eigenvalue weighted by Crippen LogP contribution is -2.13. The summed E-state index contributed by atoms with van der Waals surface area (Å²) in [4.78, 5) is 1.39. The number of nitrogens with zero attached hydrogens (tertiary/aromatic N) is 2. The molecule has 0 saturated carbocycles. The second-order valence-electron chi connectivity index (χ2n) is 3.35. The third kappa shape index (κ3) is 2.84. The van der Waals surface area contributed by atoms with Gasteiger partial charge in [-0.05, 0) is 36.1 Å². The quantitative estimate of drug-likeness (QED) is 0.856. The van der Waals surface area contributed by atoms with Gasteiger partial charge in [-0.1, -0.05) is 0 Å². The highest BCUT2D eigenvalue weighted by molar-refractivity contribution is 7.10. The molecule has 2 aromatic rings. The molecule has 0 atom stereocenters. The fourth-order valence-corrected chi connectivity index (χ4v) is 2.19. The highest BCUT2D eigenvalue weighted by Gasteiger charge is 1.99. The first kappa shape index (κ1) is 10.3. The summed E-state index contributed by atoms with van der Waals surface area (Å²) in [5.41, 5.74) is 2.33. The van der Waals surface area contributed by atoms with Crippen LogP contribution in [0.25, 0.3) is 0 Å². The highest BCUT2D eigenvalue weighted by atomic mass is 32.1. The van der Waals surface area contributed by atoms with Gasteiger partial charge >= 0.3 is 0 Å². The normalized spacial score (nSPS) is 10.5. The maximum atomic E-state index is 4.01. The average Bonchev–Trinajstić information content (AvgIpc) is 2.66. The van der Waals surface area contributed by atoms with Crippen molar-refractivity contribution in [1.82, 2.24) is 15.5 Å². The Bertz CT molecular complexity index is 411. The maximum Gasteiger partial charge on any atom is 0.0769 e. The van der Waals surface area contributed by atoms with Crippen molar-refractivity contribution in [3.63, 3.8) is 0 Å². The lowest BCUT2D eigenvalue weighted by Gasteiger charge is -2.02. The number of nitrogens with one attached hydrogen (secondary N) is 1. The van der Waals surface area contributed by atoms with Crippen LogP contribution >= 0.6 is 11.3 Å². The van der Waals surface area contributed by atoms with Gasteiger partial charge in [0, 0.05) is 24.2 Å². The minimum atomic E-state index is 0.769. The summed E-state index contributed by atoms with van der Waals surface area (Å²) in [6.45, 7) is 3.81. The Morgan fingerprint density at radius 2 is 2.27 bits per heavy atom. The second-order valence-corrected chi connectivity index (χ2v) is 4.35. The summed E-state index contributed by atoms with van der Waals surface area (Å²) in [6, 6.07) is 6.02. The maximum absolute atomic E-state index is 4.01. The average molecular weight is 219 g/mol. The standard InChI is InChI=1S/C11H13N3S/c1-9-4-6-15-11(9)8-12-7-10-3-2-5-13-14-10/h2-6,12H,7-8H2,1H3. The van der Waals surface area contributed by atoms with Gasteiger partial charge in [0.05, 0.1) is 5.69 Å². The summed E-state index contributed by atoms with van der Waals surface area (Å²) in [5, 5.41) is 13.3. The van der Waals surface area contributed by atoms with Crippen LogP contribution in [0.1, 0.15) is 16.1 Å². The monoisotopic (exact) mass is 219 g/mol. The van der Waals surface area contributed by atoms with Gasteiger partial charge in [-0.15, -0.1) is 11.3 Å². The third-order valence-electron chi connectivity index (χ3n) is 2.19. The van der Waals surface area contributed by atoms with Gasteiger partial charge in [-0.3, -0.25) is 0 Å². The van der Waals surface area contributed by atoms with Crippen molar-refractivity contribution in [2.24, 2.45) is 0 Å². The minimum absolute atomic E-state index is 0.769. The molecule has 0 fully saturated rings. The smallest absolute Gasteiger partial charge is 0.0769 e. The first-order chi connectivity index (χ1) is 7.36. The molecule has 0 aliphatic heterocycles. The topological polar surface area (TPSA) is 37.8 Å². The Hall–Kier alpha value is -1.26. The number of aromatic nitrogens is 2. The van der Waals surface area contributed by atoms with Gasteiger partial charge in [0.2, 0.25) is 0 Å². The Morgan fingerprint density at radius 1 is 1.33 bits per heavy atom. The van der Waals surface area contributed by atoms with E-state index in [0.717, 1.165) is 18.8 Å². The van der Waals surface area contributed by atoms with E-state index in [1.807, 2.05) is 12.1 Å². The molecule has 3 nitrogen and oxygen atoms in total. The van der Waals surface area contributed by atoms with Crippen LogP contribution in [-0.2, 0) is 13.1 Å². The van der Waals surface area contributed by atoms with E-state index in [9.17, 15) is 0 Å². The summed E-state index contributed by atoms with van der Waals surface area (Å²) in [6.07, 6.45) is 1.69. The van der Waals surface area contributed by atoms with Crippen LogP contribution in [0.4, 0.5) is 0 Å². The zero-order chi connectivity index (χ0) is 10.5. The van der Waals surface area contributed by atoms with E-state index >= 15 is 0 Å². The number of hydrogen-bond acceptors (Lipinski definition) is 4.